The van der Waals surface area contributed by atoms with Crippen molar-refractivity contribution in [3.05, 3.63) is 101 Å². The standard InChI is InChI=1S/C23H17Cl2N5OS/c24-14-6-8-19(31)18(12-14)30-22(21(28-23(30)32)16-4-1-2-10-26-16)17-5-3-11-29(17)20-9-7-15(25)13-27-20/h1-13,21-22,31H,(H,28,32)/t21-,22-/m1/s1. The Morgan fingerprint density at radius 1 is 0.969 bits per heavy atom. The van der Waals surface area contributed by atoms with Crippen LogP contribution in [-0.4, -0.2) is 24.8 Å². The lowest BCUT2D eigenvalue weighted by Crippen LogP contribution is -2.30. The molecule has 160 valence electrons. The molecule has 0 aliphatic carbocycles. The summed E-state index contributed by atoms with van der Waals surface area (Å²) in [5.41, 5.74) is 2.23. The molecule has 1 aliphatic heterocycles. The molecular formula is C23H17Cl2N5OS. The minimum Gasteiger partial charge on any atom is -0.506 e. The molecule has 6 nitrogen and oxygen atoms in total. The number of benzene rings is 1. The molecule has 4 heterocycles. The zero-order valence-electron chi connectivity index (χ0n) is 16.6. The van der Waals surface area contributed by atoms with Crippen molar-refractivity contribution >= 4 is 46.2 Å². The summed E-state index contributed by atoms with van der Waals surface area (Å²) in [6.07, 6.45) is 5.28. The summed E-state index contributed by atoms with van der Waals surface area (Å²) < 4.78 is 1.97. The third kappa shape index (κ3) is 3.68. The molecule has 0 spiro atoms. The summed E-state index contributed by atoms with van der Waals surface area (Å²) in [6, 6.07) is 17.6. The Balaban J connectivity index is 1.69. The number of hydrogen-bond acceptors (Lipinski definition) is 4. The number of nitrogens with zero attached hydrogens (tertiary/aromatic N) is 4. The average Bonchev–Trinajstić information content (AvgIpc) is 3.41. The highest BCUT2D eigenvalue weighted by Crippen LogP contribution is 2.45. The van der Waals surface area contributed by atoms with Gasteiger partial charge in [-0.25, -0.2) is 4.98 Å². The van der Waals surface area contributed by atoms with Crippen molar-refractivity contribution in [2.24, 2.45) is 0 Å². The van der Waals surface area contributed by atoms with Gasteiger partial charge in [-0.05, 0) is 66.8 Å². The number of nitrogens with one attached hydrogen (secondary N) is 1. The van der Waals surface area contributed by atoms with Crippen LogP contribution in [0.1, 0.15) is 23.5 Å². The van der Waals surface area contributed by atoms with Crippen molar-refractivity contribution in [3.8, 4) is 11.6 Å². The van der Waals surface area contributed by atoms with Gasteiger partial charge in [-0.15, -0.1) is 0 Å². The van der Waals surface area contributed by atoms with E-state index in [1.165, 1.54) is 0 Å². The Morgan fingerprint density at radius 3 is 2.56 bits per heavy atom. The van der Waals surface area contributed by atoms with Crippen LogP contribution in [0.2, 0.25) is 10.0 Å². The first kappa shape index (κ1) is 20.8. The van der Waals surface area contributed by atoms with Crippen LogP contribution in [0.5, 0.6) is 5.75 Å². The molecule has 0 radical (unpaired) electrons. The Kier molecular flexibility index (Phi) is 5.46. The number of hydrogen-bond donors (Lipinski definition) is 2. The van der Waals surface area contributed by atoms with Crippen molar-refractivity contribution < 1.29 is 5.11 Å². The van der Waals surface area contributed by atoms with Gasteiger partial charge in [0.05, 0.1) is 22.4 Å². The molecule has 32 heavy (non-hydrogen) atoms. The van der Waals surface area contributed by atoms with Crippen molar-refractivity contribution in [2.75, 3.05) is 4.90 Å². The number of anilines is 1. The molecular weight excluding hydrogens is 465 g/mol. The van der Waals surface area contributed by atoms with Gasteiger partial charge in [0, 0.05) is 29.3 Å². The van der Waals surface area contributed by atoms with Crippen LogP contribution >= 0.6 is 35.4 Å². The molecule has 9 heteroatoms. The highest BCUT2D eigenvalue weighted by molar-refractivity contribution is 7.80. The van der Waals surface area contributed by atoms with E-state index in [-0.39, 0.29) is 17.8 Å². The van der Waals surface area contributed by atoms with Gasteiger partial charge >= 0.3 is 0 Å². The molecule has 1 fully saturated rings. The fraction of sp³-hybridized carbons (Fsp3) is 0.0870. The second-order valence-corrected chi connectivity index (χ2v) is 8.53. The van der Waals surface area contributed by atoms with Crippen LogP contribution in [0.15, 0.2) is 79.3 Å². The van der Waals surface area contributed by atoms with E-state index in [4.69, 9.17) is 35.4 Å². The largest absolute Gasteiger partial charge is 0.506 e. The Hall–Kier alpha value is -3.13. The monoisotopic (exact) mass is 481 g/mol. The Morgan fingerprint density at radius 2 is 1.81 bits per heavy atom. The molecule has 3 aromatic heterocycles. The van der Waals surface area contributed by atoms with E-state index >= 15 is 0 Å². The van der Waals surface area contributed by atoms with Crippen LogP contribution in [-0.2, 0) is 0 Å². The number of aromatic hydroxyl groups is 1. The molecule has 5 rings (SSSR count). The minimum atomic E-state index is -0.339. The number of rotatable bonds is 4. The van der Waals surface area contributed by atoms with Crippen LogP contribution in [0.3, 0.4) is 0 Å². The van der Waals surface area contributed by atoms with E-state index in [0.717, 1.165) is 11.4 Å². The molecule has 0 amide bonds. The second-order valence-electron chi connectivity index (χ2n) is 7.27. The molecule has 0 bridgehead atoms. The van der Waals surface area contributed by atoms with E-state index in [1.54, 1.807) is 36.7 Å². The highest BCUT2D eigenvalue weighted by atomic mass is 35.5. The van der Waals surface area contributed by atoms with Crippen LogP contribution in [0.25, 0.3) is 5.82 Å². The van der Waals surface area contributed by atoms with Gasteiger partial charge in [0.25, 0.3) is 0 Å². The summed E-state index contributed by atoms with van der Waals surface area (Å²) in [5.74, 6) is 0.787. The van der Waals surface area contributed by atoms with Crippen LogP contribution in [0.4, 0.5) is 5.69 Å². The normalized spacial score (nSPS) is 18.1. The maximum absolute atomic E-state index is 10.7. The lowest BCUT2D eigenvalue weighted by molar-refractivity contribution is 0.472. The topological polar surface area (TPSA) is 66.2 Å². The number of phenolic OH excluding ortho intramolecular Hbond substituents is 1. The van der Waals surface area contributed by atoms with Gasteiger partial charge in [0.1, 0.15) is 17.6 Å². The lowest BCUT2D eigenvalue weighted by atomic mass is 10.0. The Labute approximate surface area is 200 Å². The maximum Gasteiger partial charge on any atom is 0.174 e. The van der Waals surface area contributed by atoms with E-state index in [1.807, 2.05) is 52.1 Å². The number of phenols is 1. The van der Waals surface area contributed by atoms with Crippen molar-refractivity contribution in [1.29, 1.82) is 0 Å². The van der Waals surface area contributed by atoms with Gasteiger partial charge in [0.15, 0.2) is 5.11 Å². The van der Waals surface area contributed by atoms with Crippen molar-refractivity contribution in [3.63, 3.8) is 0 Å². The van der Waals surface area contributed by atoms with Gasteiger partial charge in [-0.1, -0.05) is 29.3 Å². The summed E-state index contributed by atoms with van der Waals surface area (Å²) in [6.45, 7) is 0. The lowest BCUT2D eigenvalue weighted by Gasteiger charge is -2.29. The van der Waals surface area contributed by atoms with E-state index in [0.29, 0.717) is 26.7 Å². The minimum absolute atomic E-state index is 0.0768. The van der Waals surface area contributed by atoms with Crippen molar-refractivity contribution in [2.45, 2.75) is 12.1 Å². The van der Waals surface area contributed by atoms with E-state index in [2.05, 4.69) is 15.3 Å². The third-order valence-electron chi connectivity index (χ3n) is 5.34. The molecule has 1 saturated heterocycles. The first-order valence-corrected chi connectivity index (χ1v) is 11.0. The maximum atomic E-state index is 10.7. The fourth-order valence-corrected chi connectivity index (χ4v) is 4.58. The smallest absolute Gasteiger partial charge is 0.174 e. The van der Waals surface area contributed by atoms with E-state index < -0.39 is 0 Å². The average molecular weight is 482 g/mol. The first-order chi connectivity index (χ1) is 15.5. The van der Waals surface area contributed by atoms with Gasteiger partial charge in [0.2, 0.25) is 0 Å². The highest BCUT2D eigenvalue weighted by Gasteiger charge is 2.43. The molecule has 1 aromatic carbocycles. The SMILES string of the molecule is Oc1ccc(Cl)cc1N1C(=S)N[C@H](c2ccccn2)[C@H]1c1cccn1-c1ccc(Cl)cn1. The third-order valence-corrected chi connectivity index (χ3v) is 6.11. The molecule has 2 N–H and O–H groups in total. The van der Waals surface area contributed by atoms with Gasteiger partial charge in [-0.3, -0.25) is 4.98 Å². The number of thiocarbonyl (C=S) groups is 1. The summed E-state index contributed by atoms with van der Waals surface area (Å²) in [4.78, 5) is 10.9. The Bertz CT molecular complexity index is 1280. The molecule has 1 aliphatic rings. The predicted molar refractivity (Wildman–Crippen MR) is 130 cm³/mol. The van der Waals surface area contributed by atoms with Crippen molar-refractivity contribution in [1.82, 2.24) is 19.9 Å². The predicted octanol–water partition coefficient (Wildman–Crippen LogP) is 5.46. The second kappa shape index (κ2) is 8.43. The van der Waals surface area contributed by atoms with E-state index in [9.17, 15) is 5.11 Å². The first-order valence-electron chi connectivity index (χ1n) is 9.81. The summed E-state index contributed by atoms with van der Waals surface area (Å²) in [5, 5.41) is 15.6. The van der Waals surface area contributed by atoms with Gasteiger partial charge in [-0.2, -0.15) is 0 Å². The van der Waals surface area contributed by atoms with Crippen LogP contribution < -0.4 is 10.2 Å². The molecule has 0 saturated carbocycles. The molecule has 2 atom stereocenters. The fourth-order valence-electron chi connectivity index (χ4n) is 3.96. The van der Waals surface area contributed by atoms with Crippen LogP contribution in [0, 0.1) is 0 Å². The zero-order chi connectivity index (χ0) is 22.2. The molecule has 0 unspecified atom stereocenters. The number of aromatic nitrogens is 3. The number of pyridine rings is 2. The quantitative estimate of drug-likeness (QED) is 0.377. The zero-order valence-corrected chi connectivity index (χ0v) is 18.9. The van der Waals surface area contributed by atoms with Gasteiger partial charge < -0.3 is 19.9 Å². The number of halogens is 2. The summed E-state index contributed by atoms with van der Waals surface area (Å²) >= 11 is 18.0. The summed E-state index contributed by atoms with van der Waals surface area (Å²) in [7, 11) is 0. The molecule has 4 aromatic rings.